The lowest BCUT2D eigenvalue weighted by molar-refractivity contribution is 0.523. The summed E-state index contributed by atoms with van der Waals surface area (Å²) in [6.45, 7) is 5.56. The lowest BCUT2D eigenvalue weighted by atomic mass is 10.0. The Balaban J connectivity index is 1.73. The molecule has 0 saturated carbocycles. The van der Waals surface area contributed by atoms with Gasteiger partial charge in [0.05, 0.1) is 11.8 Å². The molecular weight excluding hydrogens is 248 g/mol. The van der Waals surface area contributed by atoms with Gasteiger partial charge in [0.25, 0.3) is 0 Å². The number of unbranched alkanes of at least 4 members (excludes halogenated alkanes) is 3. The zero-order valence-corrected chi connectivity index (χ0v) is 12.9. The third-order valence-electron chi connectivity index (χ3n) is 3.64. The lowest BCUT2D eigenvalue weighted by Crippen LogP contribution is -2.04. The van der Waals surface area contributed by atoms with Gasteiger partial charge in [0.1, 0.15) is 5.52 Å². The third kappa shape index (κ3) is 3.95. The van der Waals surface area contributed by atoms with Gasteiger partial charge in [0.2, 0.25) is 0 Å². The normalized spacial score (nSPS) is 11.4. The highest BCUT2D eigenvalue weighted by molar-refractivity contribution is 5.85. The van der Waals surface area contributed by atoms with Crippen molar-refractivity contribution < 1.29 is 0 Å². The molecule has 2 aromatic heterocycles. The number of pyridine rings is 1. The van der Waals surface area contributed by atoms with Crippen LogP contribution in [0.4, 0.5) is 5.82 Å². The van der Waals surface area contributed by atoms with Gasteiger partial charge in [-0.1, -0.05) is 39.5 Å². The summed E-state index contributed by atoms with van der Waals surface area (Å²) in [5.74, 6) is 1.74. The van der Waals surface area contributed by atoms with E-state index in [1.165, 1.54) is 32.1 Å². The number of fused-ring (bicyclic) bond motifs is 1. The van der Waals surface area contributed by atoms with Crippen molar-refractivity contribution in [2.45, 2.75) is 46.0 Å². The standard InChI is InChI=1S/C16H26N4/c1-13(2)8-6-4-5-7-10-17-16-15-14(9-11-18-16)20(3)12-19-15/h9,11-13H,4-8,10H2,1-3H3,(H,17,18). The summed E-state index contributed by atoms with van der Waals surface area (Å²) in [7, 11) is 2.01. The first kappa shape index (κ1) is 14.8. The molecule has 0 unspecified atom stereocenters. The first-order valence-electron chi connectivity index (χ1n) is 7.68. The van der Waals surface area contributed by atoms with Crippen molar-refractivity contribution in [3.63, 3.8) is 0 Å². The molecule has 2 aromatic rings. The number of rotatable bonds is 8. The van der Waals surface area contributed by atoms with E-state index in [2.05, 4.69) is 29.1 Å². The SMILES string of the molecule is CC(C)CCCCCCNc1nccc2c1ncn2C. The van der Waals surface area contributed by atoms with Gasteiger partial charge in [-0.25, -0.2) is 9.97 Å². The molecule has 4 nitrogen and oxygen atoms in total. The monoisotopic (exact) mass is 274 g/mol. The second-order valence-electron chi connectivity index (χ2n) is 5.91. The predicted molar refractivity (Wildman–Crippen MR) is 84.9 cm³/mol. The largest absolute Gasteiger partial charge is 0.368 e. The van der Waals surface area contributed by atoms with Gasteiger partial charge in [-0.05, 0) is 18.4 Å². The molecule has 0 aliphatic rings. The van der Waals surface area contributed by atoms with Gasteiger partial charge in [-0.15, -0.1) is 0 Å². The van der Waals surface area contributed by atoms with E-state index >= 15 is 0 Å². The number of hydrogen-bond donors (Lipinski definition) is 1. The number of anilines is 1. The van der Waals surface area contributed by atoms with Gasteiger partial charge < -0.3 is 9.88 Å². The topological polar surface area (TPSA) is 42.7 Å². The van der Waals surface area contributed by atoms with Crippen molar-refractivity contribution in [1.82, 2.24) is 14.5 Å². The first-order valence-corrected chi connectivity index (χ1v) is 7.68. The molecule has 4 heteroatoms. The third-order valence-corrected chi connectivity index (χ3v) is 3.64. The summed E-state index contributed by atoms with van der Waals surface area (Å²) in [5.41, 5.74) is 2.09. The molecule has 1 N–H and O–H groups in total. The van der Waals surface area contributed by atoms with Gasteiger partial charge >= 0.3 is 0 Å². The average molecular weight is 274 g/mol. The zero-order valence-electron chi connectivity index (χ0n) is 12.9. The van der Waals surface area contributed by atoms with E-state index in [0.29, 0.717) is 0 Å². The fourth-order valence-corrected chi connectivity index (χ4v) is 2.43. The number of nitrogens with one attached hydrogen (secondary N) is 1. The van der Waals surface area contributed by atoms with Crippen molar-refractivity contribution >= 4 is 16.9 Å². The molecule has 0 atom stereocenters. The van der Waals surface area contributed by atoms with Crippen LogP contribution in [-0.2, 0) is 7.05 Å². The molecule has 110 valence electrons. The molecule has 20 heavy (non-hydrogen) atoms. The number of aryl methyl sites for hydroxylation is 1. The molecule has 0 spiro atoms. The van der Waals surface area contributed by atoms with E-state index in [9.17, 15) is 0 Å². The Morgan fingerprint density at radius 2 is 1.95 bits per heavy atom. The van der Waals surface area contributed by atoms with E-state index in [0.717, 1.165) is 29.3 Å². The molecule has 2 rings (SSSR count). The summed E-state index contributed by atoms with van der Waals surface area (Å²) in [4.78, 5) is 8.79. The van der Waals surface area contributed by atoms with Gasteiger partial charge in [-0.3, -0.25) is 0 Å². The molecule has 2 heterocycles. The number of aromatic nitrogens is 3. The Labute approximate surface area is 121 Å². The maximum absolute atomic E-state index is 4.40. The van der Waals surface area contributed by atoms with Crippen molar-refractivity contribution in [3.05, 3.63) is 18.6 Å². The van der Waals surface area contributed by atoms with Gasteiger partial charge in [0.15, 0.2) is 5.82 Å². The van der Waals surface area contributed by atoms with Crippen LogP contribution in [0, 0.1) is 5.92 Å². The molecule has 0 aliphatic heterocycles. The number of hydrogen-bond acceptors (Lipinski definition) is 3. The van der Waals surface area contributed by atoms with Crippen LogP contribution < -0.4 is 5.32 Å². The Morgan fingerprint density at radius 1 is 1.15 bits per heavy atom. The average Bonchev–Trinajstić information content (AvgIpc) is 2.80. The number of nitrogens with zero attached hydrogens (tertiary/aromatic N) is 3. The minimum absolute atomic E-state index is 0.832. The van der Waals surface area contributed by atoms with E-state index in [1.54, 1.807) is 0 Å². The minimum Gasteiger partial charge on any atom is -0.368 e. The first-order chi connectivity index (χ1) is 9.68. The van der Waals surface area contributed by atoms with Crippen molar-refractivity contribution in [1.29, 1.82) is 0 Å². The van der Waals surface area contributed by atoms with Crippen LogP contribution in [0.3, 0.4) is 0 Å². The molecule has 0 fully saturated rings. The predicted octanol–water partition coefficient (Wildman–Crippen LogP) is 3.99. The highest BCUT2D eigenvalue weighted by Crippen LogP contribution is 2.18. The maximum atomic E-state index is 4.40. The second kappa shape index (κ2) is 7.27. The summed E-state index contributed by atoms with van der Waals surface area (Å²) >= 11 is 0. The van der Waals surface area contributed by atoms with Crippen molar-refractivity contribution in [2.75, 3.05) is 11.9 Å². The van der Waals surface area contributed by atoms with Crippen molar-refractivity contribution in [2.24, 2.45) is 13.0 Å². The molecule has 0 bridgehead atoms. The van der Waals surface area contributed by atoms with Crippen LogP contribution in [0.25, 0.3) is 11.0 Å². The summed E-state index contributed by atoms with van der Waals surface area (Å²) in [6.07, 6.45) is 10.2. The summed E-state index contributed by atoms with van der Waals surface area (Å²) < 4.78 is 2.02. The molecule has 0 aromatic carbocycles. The van der Waals surface area contributed by atoms with Gasteiger partial charge in [-0.2, -0.15) is 0 Å². The Bertz CT molecular complexity index is 530. The van der Waals surface area contributed by atoms with E-state index < -0.39 is 0 Å². The Hall–Kier alpha value is -1.58. The minimum atomic E-state index is 0.832. The molecular formula is C16H26N4. The van der Waals surface area contributed by atoms with Crippen LogP contribution in [0.5, 0.6) is 0 Å². The lowest BCUT2D eigenvalue weighted by Gasteiger charge is -2.07. The van der Waals surface area contributed by atoms with E-state index in [4.69, 9.17) is 0 Å². The molecule has 0 amide bonds. The van der Waals surface area contributed by atoms with Gasteiger partial charge in [0, 0.05) is 19.8 Å². The van der Waals surface area contributed by atoms with Crippen LogP contribution >= 0.6 is 0 Å². The molecule has 0 radical (unpaired) electrons. The highest BCUT2D eigenvalue weighted by atomic mass is 15.1. The maximum Gasteiger partial charge on any atom is 0.154 e. The van der Waals surface area contributed by atoms with Crippen LogP contribution in [0.15, 0.2) is 18.6 Å². The van der Waals surface area contributed by atoms with Crippen LogP contribution in [-0.4, -0.2) is 21.1 Å². The Kier molecular flexibility index (Phi) is 5.39. The van der Waals surface area contributed by atoms with E-state index in [-0.39, 0.29) is 0 Å². The second-order valence-corrected chi connectivity index (χ2v) is 5.91. The summed E-state index contributed by atoms with van der Waals surface area (Å²) in [5, 5.41) is 3.41. The Morgan fingerprint density at radius 3 is 2.75 bits per heavy atom. The fraction of sp³-hybridized carbons (Fsp3) is 0.625. The fourth-order valence-electron chi connectivity index (χ4n) is 2.43. The quantitative estimate of drug-likeness (QED) is 0.740. The molecule has 0 saturated heterocycles. The highest BCUT2D eigenvalue weighted by Gasteiger charge is 2.05. The zero-order chi connectivity index (χ0) is 14.4. The van der Waals surface area contributed by atoms with Crippen molar-refractivity contribution in [3.8, 4) is 0 Å². The van der Waals surface area contributed by atoms with Crippen LogP contribution in [0.1, 0.15) is 46.0 Å². The van der Waals surface area contributed by atoms with E-state index in [1.807, 2.05) is 30.2 Å². The number of imidazole rings is 1. The van der Waals surface area contributed by atoms with Crippen LogP contribution in [0.2, 0.25) is 0 Å². The smallest absolute Gasteiger partial charge is 0.154 e. The summed E-state index contributed by atoms with van der Waals surface area (Å²) in [6, 6.07) is 2.00. The molecule has 0 aliphatic carbocycles.